The fourth-order valence-corrected chi connectivity index (χ4v) is 1.78. The smallest absolute Gasteiger partial charge is 0.242 e. The van der Waals surface area contributed by atoms with Gasteiger partial charge < -0.3 is 15.4 Å². The van der Waals surface area contributed by atoms with Crippen molar-refractivity contribution < 1.29 is 9.53 Å². The van der Waals surface area contributed by atoms with Crippen molar-refractivity contribution in [1.82, 2.24) is 5.32 Å². The van der Waals surface area contributed by atoms with Crippen molar-refractivity contribution in [3.05, 3.63) is 22.7 Å². The number of nitrogens with one attached hydrogen (secondary N) is 2. The van der Waals surface area contributed by atoms with Gasteiger partial charge in [0.15, 0.2) is 0 Å². The Balaban J connectivity index is 2.79. The molecule has 4 nitrogen and oxygen atoms in total. The molecule has 1 amide bonds. The predicted octanol–water partition coefficient (Wildman–Crippen LogP) is 2.39. The second kappa shape index (κ2) is 6.49. The van der Waals surface area contributed by atoms with E-state index in [9.17, 15) is 4.79 Å². The van der Waals surface area contributed by atoms with Crippen LogP contribution in [0.4, 0.5) is 5.69 Å². The highest BCUT2D eigenvalue weighted by Crippen LogP contribution is 2.28. The summed E-state index contributed by atoms with van der Waals surface area (Å²) in [7, 11) is 1.60. The van der Waals surface area contributed by atoms with Crippen LogP contribution in [-0.2, 0) is 4.79 Å². The maximum atomic E-state index is 11.6. The van der Waals surface area contributed by atoms with Gasteiger partial charge in [0.2, 0.25) is 5.91 Å². The number of hydrogen-bond donors (Lipinski definition) is 2. The summed E-state index contributed by atoms with van der Waals surface area (Å²) >= 11 is 3.39. The average Bonchev–Trinajstić information content (AvgIpc) is 2.29. The van der Waals surface area contributed by atoms with Crippen LogP contribution < -0.4 is 15.4 Å². The SMILES string of the molecule is CCNC(=O)C(C)Nc1cc(Br)ccc1OC. The van der Waals surface area contributed by atoms with Gasteiger partial charge in [0, 0.05) is 11.0 Å². The summed E-state index contributed by atoms with van der Waals surface area (Å²) in [6.45, 7) is 4.33. The molecule has 94 valence electrons. The second-order valence-corrected chi connectivity index (χ2v) is 4.52. The fraction of sp³-hybridized carbons (Fsp3) is 0.417. The zero-order chi connectivity index (χ0) is 12.8. The molecule has 0 aliphatic heterocycles. The first-order valence-corrected chi connectivity index (χ1v) is 6.25. The number of halogens is 1. The zero-order valence-corrected chi connectivity index (χ0v) is 11.8. The van der Waals surface area contributed by atoms with Gasteiger partial charge in [-0.15, -0.1) is 0 Å². The summed E-state index contributed by atoms with van der Waals surface area (Å²) < 4.78 is 6.16. The minimum atomic E-state index is -0.307. The number of amides is 1. The lowest BCUT2D eigenvalue weighted by Crippen LogP contribution is -2.37. The van der Waals surface area contributed by atoms with E-state index in [4.69, 9.17) is 4.74 Å². The van der Waals surface area contributed by atoms with Gasteiger partial charge in [0.25, 0.3) is 0 Å². The van der Waals surface area contributed by atoms with E-state index in [0.29, 0.717) is 12.3 Å². The maximum Gasteiger partial charge on any atom is 0.242 e. The molecule has 0 radical (unpaired) electrons. The molecular formula is C12H17BrN2O2. The van der Waals surface area contributed by atoms with E-state index in [0.717, 1.165) is 10.2 Å². The maximum absolute atomic E-state index is 11.6. The third-order valence-corrected chi connectivity index (χ3v) is 2.77. The molecule has 1 unspecified atom stereocenters. The topological polar surface area (TPSA) is 50.4 Å². The quantitative estimate of drug-likeness (QED) is 0.878. The molecule has 0 spiro atoms. The first-order valence-electron chi connectivity index (χ1n) is 5.46. The Morgan fingerprint density at radius 2 is 2.24 bits per heavy atom. The molecule has 5 heteroatoms. The molecule has 2 N–H and O–H groups in total. The number of hydrogen-bond acceptors (Lipinski definition) is 3. The normalized spacial score (nSPS) is 11.8. The number of methoxy groups -OCH3 is 1. The van der Waals surface area contributed by atoms with Crippen LogP contribution in [0.25, 0.3) is 0 Å². The van der Waals surface area contributed by atoms with Gasteiger partial charge in [0.05, 0.1) is 12.8 Å². The summed E-state index contributed by atoms with van der Waals surface area (Å²) in [6, 6.07) is 5.31. The van der Waals surface area contributed by atoms with Crippen LogP contribution in [0.5, 0.6) is 5.75 Å². The van der Waals surface area contributed by atoms with Gasteiger partial charge in [-0.3, -0.25) is 4.79 Å². The van der Waals surface area contributed by atoms with E-state index < -0.39 is 0 Å². The molecule has 0 fully saturated rings. The molecule has 0 aliphatic rings. The van der Waals surface area contributed by atoms with Crippen molar-refractivity contribution in [1.29, 1.82) is 0 Å². The molecule has 1 rings (SSSR count). The minimum Gasteiger partial charge on any atom is -0.495 e. The molecule has 0 aliphatic carbocycles. The van der Waals surface area contributed by atoms with Crippen LogP contribution in [0, 0.1) is 0 Å². The van der Waals surface area contributed by atoms with Crippen LogP contribution in [0.2, 0.25) is 0 Å². The average molecular weight is 301 g/mol. The Kier molecular flexibility index (Phi) is 5.28. The Bertz CT molecular complexity index is 396. The Hall–Kier alpha value is -1.23. The lowest BCUT2D eigenvalue weighted by atomic mass is 10.2. The molecule has 0 saturated heterocycles. The third kappa shape index (κ3) is 3.93. The summed E-state index contributed by atoms with van der Waals surface area (Å²) in [5.74, 6) is 0.680. The summed E-state index contributed by atoms with van der Waals surface area (Å²) in [5, 5.41) is 5.88. The van der Waals surface area contributed by atoms with E-state index in [-0.39, 0.29) is 11.9 Å². The monoisotopic (exact) mass is 300 g/mol. The van der Waals surface area contributed by atoms with Gasteiger partial charge >= 0.3 is 0 Å². The fourth-order valence-electron chi connectivity index (χ4n) is 1.42. The van der Waals surface area contributed by atoms with E-state index >= 15 is 0 Å². The van der Waals surface area contributed by atoms with E-state index in [1.165, 1.54) is 0 Å². The van der Waals surface area contributed by atoms with E-state index in [1.54, 1.807) is 7.11 Å². The van der Waals surface area contributed by atoms with Gasteiger partial charge in [-0.05, 0) is 32.0 Å². The van der Waals surface area contributed by atoms with Crippen molar-refractivity contribution in [3.8, 4) is 5.75 Å². The molecule has 0 aromatic heterocycles. The zero-order valence-electron chi connectivity index (χ0n) is 10.2. The number of likely N-dealkylation sites (N-methyl/N-ethyl adjacent to an activating group) is 1. The largest absolute Gasteiger partial charge is 0.495 e. The Morgan fingerprint density at radius 1 is 1.53 bits per heavy atom. The molecule has 0 bridgehead atoms. The molecule has 17 heavy (non-hydrogen) atoms. The van der Waals surface area contributed by atoms with Gasteiger partial charge in [-0.25, -0.2) is 0 Å². The van der Waals surface area contributed by atoms with Crippen LogP contribution >= 0.6 is 15.9 Å². The number of anilines is 1. The Labute approximate surface area is 110 Å². The number of benzene rings is 1. The molecule has 1 atom stereocenters. The number of ether oxygens (including phenoxy) is 1. The van der Waals surface area contributed by atoms with Crippen LogP contribution in [0.15, 0.2) is 22.7 Å². The highest BCUT2D eigenvalue weighted by atomic mass is 79.9. The first kappa shape index (κ1) is 13.8. The lowest BCUT2D eigenvalue weighted by molar-refractivity contribution is -0.121. The molecule has 0 heterocycles. The number of carbonyl (C=O) groups excluding carboxylic acids is 1. The van der Waals surface area contributed by atoms with Gasteiger partial charge in [-0.1, -0.05) is 15.9 Å². The van der Waals surface area contributed by atoms with Crippen molar-refractivity contribution in [3.63, 3.8) is 0 Å². The van der Waals surface area contributed by atoms with Crippen molar-refractivity contribution in [2.75, 3.05) is 19.0 Å². The Morgan fingerprint density at radius 3 is 2.82 bits per heavy atom. The highest BCUT2D eigenvalue weighted by Gasteiger charge is 2.13. The van der Waals surface area contributed by atoms with Crippen molar-refractivity contribution >= 4 is 27.5 Å². The van der Waals surface area contributed by atoms with Crippen LogP contribution in [-0.4, -0.2) is 25.6 Å². The van der Waals surface area contributed by atoms with Crippen LogP contribution in [0.3, 0.4) is 0 Å². The first-order chi connectivity index (χ1) is 8.08. The van der Waals surface area contributed by atoms with Gasteiger partial charge in [-0.2, -0.15) is 0 Å². The molecule has 0 saturated carbocycles. The molecule has 1 aromatic rings. The summed E-state index contributed by atoms with van der Waals surface area (Å²) in [5.41, 5.74) is 0.792. The standard InChI is InChI=1S/C12H17BrN2O2/c1-4-14-12(16)8(2)15-10-7-9(13)5-6-11(10)17-3/h5-8,15H,4H2,1-3H3,(H,14,16). The number of carbonyl (C=O) groups is 1. The van der Waals surface area contributed by atoms with Crippen LogP contribution in [0.1, 0.15) is 13.8 Å². The van der Waals surface area contributed by atoms with Crippen molar-refractivity contribution in [2.45, 2.75) is 19.9 Å². The molecule has 1 aromatic carbocycles. The van der Waals surface area contributed by atoms with E-state index in [1.807, 2.05) is 32.0 Å². The summed E-state index contributed by atoms with van der Waals surface area (Å²) in [4.78, 5) is 11.6. The predicted molar refractivity (Wildman–Crippen MR) is 72.5 cm³/mol. The second-order valence-electron chi connectivity index (χ2n) is 3.61. The molecular weight excluding hydrogens is 284 g/mol. The minimum absolute atomic E-state index is 0.0328. The number of rotatable bonds is 5. The van der Waals surface area contributed by atoms with Gasteiger partial charge in [0.1, 0.15) is 11.8 Å². The highest BCUT2D eigenvalue weighted by molar-refractivity contribution is 9.10. The van der Waals surface area contributed by atoms with Crippen molar-refractivity contribution in [2.24, 2.45) is 0 Å². The third-order valence-electron chi connectivity index (χ3n) is 2.28. The van der Waals surface area contributed by atoms with E-state index in [2.05, 4.69) is 26.6 Å². The lowest BCUT2D eigenvalue weighted by Gasteiger charge is -2.17. The summed E-state index contributed by atoms with van der Waals surface area (Å²) in [6.07, 6.45) is 0.